The number of halogens is 1. The van der Waals surface area contributed by atoms with Gasteiger partial charge >= 0.3 is 0 Å². The first-order chi connectivity index (χ1) is 7.56. The number of rotatable bonds is 2. The van der Waals surface area contributed by atoms with E-state index in [1.165, 1.54) is 0 Å². The summed E-state index contributed by atoms with van der Waals surface area (Å²) in [6, 6.07) is 4.95. The van der Waals surface area contributed by atoms with E-state index in [0.717, 1.165) is 0 Å². The second-order valence-electron chi connectivity index (χ2n) is 3.68. The van der Waals surface area contributed by atoms with Crippen molar-refractivity contribution < 1.29 is 8.42 Å². The summed E-state index contributed by atoms with van der Waals surface area (Å²) < 4.78 is 23.7. The molecule has 88 valence electrons. The van der Waals surface area contributed by atoms with Gasteiger partial charge in [0.05, 0.1) is 21.4 Å². The van der Waals surface area contributed by atoms with Gasteiger partial charge in [-0.1, -0.05) is 17.7 Å². The Morgan fingerprint density at radius 1 is 1.44 bits per heavy atom. The Morgan fingerprint density at radius 2 is 2.19 bits per heavy atom. The highest BCUT2D eigenvalue weighted by atomic mass is 35.5. The predicted octanol–water partition coefficient (Wildman–Crippen LogP) is 0.892. The van der Waals surface area contributed by atoms with E-state index in [2.05, 4.69) is 0 Å². The molecule has 2 N–H and O–H groups in total. The van der Waals surface area contributed by atoms with E-state index in [1.807, 2.05) is 4.90 Å². The van der Waals surface area contributed by atoms with Gasteiger partial charge in [-0.05, 0) is 12.1 Å². The predicted molar refractivity (Wildman–Crippen MR) is 64.8 cm³/mol. The Morgan fingerprint density at radius 3 is 2.88 bits per heavy atom. The van der Waals surface area contributed by atoms with E-state index in [1.54, 1.807) is 18.2 Å². The Labute approximate surface area is 99.9 Å². The molecule has 0 saturated heterocycles. The summed E-state index contributed by atoms with van der Waals surface area (Å²) in [5.74, 6) is 0.125. The monoisotopic (exact) mass is 260 g/mol. The number of nitrogens with zero attached hydrogens (tertiary/aromatic N) is 1. The van der Waals surface area contributed by atoms with E-state index in [4.69, 9.17) is 17.3 Å². The van der Waals surface area contributed by atoms with Crippen molar-refractivity contribution >= 4 is 27.1 Å². The largest absolute Gasteiger partial charge is 0.367 e. The molecule has 1 aliphatic rings. The van der Waals surface area contributed by atoms with E-state index < -0.39 is 9.84 Å². The van der Waals surface area contributed by atoms with E-state index in [9.17, 15) is 8.42 Å². The molecule has 1 aromatic carbocycles. The molecule has 4 nitrogen and oxygen atoms in total. The van der Waals surface area contributed by atoms with Crippen LogP contribution in [0.4, 0.5) is 5.69 Å². The van der Waals surface area contributed by atoms with Crippen molar-refractivity contribution in [2.75, 3.05) is 30.3 Å². The molecule has 16 heavy (non-hydrogen) atoms. The standard InChI is InChI=1S/C10H13ClN2O2S/c11-8-2-1-3-9-10(8)13(5-4-12)6-7-16(9,14)15/h1-3H,4-7,12H2. The Balaban J connectivity index is 2.58. The Hall–Kier alpha value is -0.780. The third kappa shape index (κ3) is 1.90. The summed E-state index contributed by atoms with van der Waals surface area (Å²) in [4.78, 5) is 2.25. The number of nitrogens with two attached hydrogens (primary N) is 1. The van der Waals surface area contributed by atoms with Crippen molar-refractivity contribution in [2.24, 2.45) is 5.73 Å². The number of anilines is 1. The number of hydrogen-bond acceptors (Lipinski definition) is 4. The molecule has 0 spiro atoms. The molecule has 0 atom stereocenters. The summed E-state index contributed by atoms with van der Waals surface area (Å²) in [7, 11) is -3.18. The highest BCUT2D eigenvalue weighted by molar-refractivity contribution is 7.91. The topological polar surface area (TPSA) is 63.4 Å². The molecule has 0 unspecified atom stereocenters. The van der Waals surface area contributed by atoms with Gasteiger partial charge in [0.15, 0.2) is 9.84 Å². The number of para-hydroxylation sites is 1. The summed E-state index contributed by atoms with van der Waals surface area (Å²) >= 11 is 6.05. The molecule has 0 radical (unpaired) electrons. The van der Waals surface area contributed by atoms with Crippen molar-refractivity contribution in [1.82, 2.24) is 0 Å². The molecule has 0 bridgehead atoms. The van der Waals surface area contributed by atoms with Crippen molar-refractivity contribution in [3.05, 3.63) is 23.2 Å². The second kappa shape index (κ2) is 4.24. The maximum Gasteiger partial charge on any atom is 0.182 e. The average molecular weight is 261 g/mol. The number of sulfone groups is 1. The minimum absolute atomic E-state index is 0.125. The van der Waals surface area contributed by atoms with Crippen LogP contribution in [0.5, 0.6) is 0 Å². The van der Waals surface area contributed by atoms with Gasteiger partial charge in [-0.3, -0.25) is 0 Å². The van der Waals surface area contributed by atoms with E-state index >= 15 is 0 Å². The number of fused-ring (bicyclic) bond motifs is 1. The lowest BCUT2D eigenvalue weighted by Gasteiger charge is -2.31. The van der Waals surface area contributed by atoms with Gasteiger partial charge in [-0.15, -0.1) is 0 Å². The van der Waals surface area contributed by atoms with Gasteiger partial charge in [-0.2, -0.15) is 0 Å². The molecular weight excluding hydrogens is 248 g/mol. The lowest BCUT2D eigenvalue weighted by atomic mass is 10.2. The van der Waals surface area contributed by atoms with E-state index in [-0.39, 0.29) is 5.75 Å². The summed E-state index contributed by atoms with van der Waals surface area (Å²) in [5, 5.41) is 0.467. The highest BCUT2D eigenvalue weighted by Crippen LogP contribution is 2.36. The first-order valence-corrected chi connectivity index (χ1v) is 7.05. The van der Waals surface area contributed by atoms with Crippen LogP contribution in [0.15, 0.2) is 23.1 Å². The smallest absolute Gasteiger partial charge is 0.182 e. The molecule has 0 fully saturated rings. The van der Waals surface area contributed by atoms with Crippen LogP contribution in [0, 0.1) is 0 Å². The lowest BCUT2D eigenvalue weighted by Crippen LogP contribution is -2.38. The van der Waals surface area contributed by atoms with Gasteiger partial charge in [0.1, 0.15) is 0 Å². The van der Waals surface area contributed by atoms with Crippen molar-refractivity contribution in [3.63, 3.8) is 0 Å². The molecule has 1 aliphatic heterocycles. The summed E-state index contributed by atoms with van der Waals surface area (Å²) in [5.41, 5.74) is 6.10. The molecule has 0 saturated carbocycles. The summed E-state index contributed by atoms with van der Waals surface area (Å²) in [6.07, 6.45) is 0. The molecule has 1 aromatic rings. The Bertz CT molecular complexity index is 502. The lowest BCUT2D eigenvalue weighted by molar-refractivity contribution is 0.589. The fourth-order valence-electron chi connectivity index (χ4n) is 1.88. The van der Waals surface area contributed by atoms with Crippen molar-refractivity contribution in [3.8, 4) is 0 Å². The van der Waals surface area contributed by atoms with Crippen molar-refractivity contribution in [1.29, 1.82) is 0 Å². The maximum absolute atomic E-state index is 11.9. The molecule has 2 rings (SSSR count). The fraction of sp³-hybridized carbons (Fsp3) is 0.400. The van der Waals surface area contributed by atoms with Crippen LogP contribution < -0.4 is 10.6 Å². The minimum atomic E-state index is -3.18. The quantitative estimate of drug-likeness (QED) is 0.858. The first-order valence-electron chi connectivity index (χ1n) is 5.02. The van der Waals surface area contributed by atoms with Crippen LogP contribution in [0.3, 0.4) is 0 Å². The normalized spacial score (nSPS) is 18.2. The third-order valence-corrected chi connectivity index (χ3v) is 4.65. The zero-order valence-electron chi connectivity index (χ0n) is 8.69. The van der Waals surface area contributed by atoms with Crippen LogP contribution >= 0.6 is 11.6 Å². The van der Waals surface area contributed by atoms with Gasteiger partial charge < -0.3 is 10.6 Å². The fourth-order valence-corrected chi connectivity index (χ4v) is 3.74. The number of hydrogen-bond donors (Lipinski definition) is 1. The maximum atomic E-state index is 11.9. The van der Waals surface area contributed by atoms with Gasteiger partial charge in [0, 0.05) is 19.6 Å². The van der Waals surface area contributed by atoms with Crippen LogP contribution in [0.1, 0.15) is 0 Å². The Kier molecular flexibility index (Phi) is 3.10. The molecule has 0 amide bonds. The zero-order valence-corrected chi connectivity index (χ0v) is 10.3. The second-order valence-corrected chi connectivity index (χ2v) is 6.17. The van der Waals surface area contributed by atoms with Crippen LogP contribution in [0.2, 0.25) is 5.02 Å². The number of benzene rings is 1. The van der Waals surface area contributed by atoms with Gasteiger partial charge in [0.2, 0.25) is 0 Å². The first kappa shape index (κ1) is 11.7. The highest BCUT2D eigenvalue weighted by Gasteiger charge is 2.29. The van der Waals surface area contributed by atoms with E-state index in [0.29, 0.717) is 35.2 Å². The minimum Gasteiger partial charge on any atom is -0.367 e. The van der Waals surface area contributed by atoms with Crippen LogP contribution in [-0.2, 0) is 9.84 Å². The summed E-state index contributed by atoms with van der Waals surface area (Å²) in [6.45, 7) is 1.55. The van der Waals surface area contributed by atoms with Crippen LogP contribution in [0.25, 0.3) is 0 Å². The molecular formula is C10H13ClN2O2S. The molecule has 6 heteroatoms. The molecule has 0 aromatic heterocycles. The van der Waals surface area contributed by atoms with Gasteiger partial charge in [0.25, 0.3) is 0 Å². The third-order valence-electron chi connectivity index (χ3n) is 2.63. The van der Waals surface area contributed by atoms with Crippen LogP contribution in [-0.4, -0.2) is 33.8 Å². The SMILES string of the molecule is NCCN1CCS(=O)(=O)c2cccc(Cl)c21. The zero-order chi connectivity index (χ0) is 11.8. The van der Waals surface area contributed by atoms with Crippen molar-refractivity contribution in [2.45, 2.75) is 4.90 Å². The molecule has 0 aliphatic carbocycles. The average Bonchev–Trinajstić information content (AvgIpc) is 2.23. The molecule has 1 heterocycles. The van der Waals surface area contributed by atoms with Gasteiger partial charge in [-0.25, -0.2) is 8.42 Å².